The summed E-state index contributed by atoms with van der Waals surface area (Å²) in [5, 5.41) is 9.65. The maximum atomic E-state index is 9.65. The number of methoxy groups -OCH3 is 1. The van der Waals surface area contributed by atoms with Crippen LogP contribution < -0.4 is 0 Å². The lowest BCUT2D eigenvalue weighted by Gasteiger charge is -2.24. The van der Waals surface area contributed by atoms with Crippen LogP contribution in [0, 0.1) is 0 Å². The molecule has 0 spiro atoms. The van der Waals surface area contributed by atoms with Gasteiger partial charge in [0, 0.05) is 13.7 Å². The van der Waals surface area contributed by atoms with Crippen LogP contribution in [0.4, 0.5) is 0 Å². The van der Waals surface area contributed by atoms with Gasteiger partial charge in [-0.15, -0.1) is 0 Å². The Labute approximate surface area is 94.4 Å². The largest absolute Gasteiger partial charge is 0.389 e. The molecule has 0 aromatic heterocycles. The van der Waals surface area contributed by atoms with Crippen LogP contribution in [0.1, 0.15) is 39.5 Å². The molecule has 0 aliphatic rings. The van der Waals surface area contributed by atoms with Crippen LogP contribution in [0.15, 0.2) is 0 Å². The molecule has 0 saturated heterocycles. The van der Waals surface area contributed by atoms with Gasteiger partial charge in [0.05, 0.1) is 12.7 Å². The van der Waals surface area contributed by atoms with Crippen LogP contribution in [0.3, 0.4) is 0 Å². The molecule has 0 heterocycles. The fraction of sp³-hybridized carbons (Fsp3) is 1.00. The second-order valence-corrected chi connectivity index (χ2v) is 4.12. The minimum atomic E-state index is -0.344. The van der Waals surface area contributed by atoms with E-state index >= 15 is 0 Å². The van der Waals surface area contributed by atoms with E-state index in [1.54, 1.807) is 7.11 Å². The van der Waals surface area contributed by atoms with Gasteiger partial charge in [-0.3, -0.25) is 0 Å². The molecule has 3 nitrogen and oxygen atoms in total. The first-order valence-electron chi connectivity index (χ1n) is 6.13. The highest BCUT2D eigenvalue weighted by Crippen LogP contribution is 2.01. The maximum absolute atomic E-state index is 9.65. The van der Waals surface area contributed by atoms with Gasteiger partial charge in [0.2, 0.25) is 0 Å². The van der Waals surface area contributed by atoms with Gasteiger partial charge in [-0.2, -0.15) is 0 Å². The standard InChI is InChI=1S/C12H27NO2/c1-4-6-8-13(9-7-5-2)10-12(14)11-15-3/h12,14H,4-11H2,1-3H3/t12-/m0/s1. The highest BCUT2D eigenvalue weighted by molar-refractivity contribution is 4.64. The van der Waals surface area contributed by atoms with E-state index in [4.69, 9.17) is 4.74 Å². The zero-order valence-corrected chi connectivity index (χ0v) is 10.5. The minimum Gasteiger partial charge on any atom is -0.389 e. The zero-order chi connectivity index (χ0) is 11.5. The van der Waals surface area contributed by atoms with Crippen LogP contribution >= 0.6 is 0 Å². The third kappa shape index (κ3) is 8.85. The second-order valence-electron chi connectivity index (χ2n) is 4.12. The van der Waals surface area contributed by atoms with Crippen LogP contribution in [0.2, 0.25) is 0 Å². The molecule has 0 amide bonds. The molecule has 0 radical (unpaired) electrons. The summed E-state index contributed by atoms with van der Waals surface area (Å²) < 4.78 is 4.94. The molecule has 0 bridgehead atoms. The van der Waals surface area contributed by atoms with Crippen LogP contribution in [-0.4, -0.2) is 49.5 Å². The molecular weight excluding hydrogens is 190 g/mol. The Kier molecular flexibility index (Phi) is 10.3. The lowest BCUT2D eigenvalue weighted by molar-refractivity contribution is 0.0370. The van der Waals surface area contributed by atoms with E-state index in [1.165, 1.54) is 25.7 Å². The Hall–Kier alpha value is -0.120. The number of nitrogens with zero attached hydrogens (tertiary/aromatic N) is 1. The van der Waals surface area contributed by atoms with Gasteiger partial charge in [-0.1, -0.05) is 26.7 Å². The topological polar surface area (TPSA) is 32.7 Å². The predicted molar refractivity (Wildman–Crippen MR) is 64.1 cm³/mol. The van der Waals surface area contributed by atoms with E-state index in [0.717, 1.165) is 19.6 Å². The lowest BCUT2D eigenvalue weighted by atomic mass is 10.2. The smallest absolute Gasteiger partial charge is 0.0900 e. The maximum Gasteiger partial charge on any atom is 0.0900 e. The van der Waals surface area contributed by atoms with Crippen LogP contribution in [0.25, 0.3) is 0 Å². The minimum absolute atomic E-state index is 0.344. The SMILES string of the molecule is CCCCN(CCCC)C[C@H](O)COC. The number of unbranched alkanes of at least 4 members (excludes halogenated alkanes) is 2. The molecular formula is C12H27NO2. The number of hydrogen-bond acceptors (Lipinski definition) is 3. The molecule has 1 atom stereocenters. The van der Waals surface area contributed by atoms with Crippen molar-refractivity contribution in [1.29, 1.82) is 0 Å². The van der Waals surface area contributed by atoms with E-state index in [0.29, 0.717) is 6.61 Å². The van der Waals surface area contributed by atoms with Crippen molar-refractivity contribution in [2.24, 2.45) is 0 Å². The van der Waals surface area contributed by atoms with E-state index in [2.05, 4.69) is 18.7 Å². The normalized spacial score (nSPS) is 13.4. The Bertz CT molecular complexity index is 123. The van der Waals surface area contributed by atoms with Gasteiger partial charge in [0.1, 0.15) is 0 Å². The van der Waals surface area contributed by atoms with Gasteiger partial charge < -0.3 is 14.7 Å². The van der Waals surface area contributed by atoms with Gasteiger partial charge in [0.15, 0.2) is 0 Å². The zero-order valence-electron chi connectivity index (χ0n) is 10.5. The molecule has 0 aliphatic heterocycles. The Morgan fingerprint density at radius 2 is 1.67 bits per heavy atom. The molecule has 0 saturated carbocycles. The van der Waals surface area contributed by atoms with E-state index < -0.39 is 0 Å². The Morgan fingerprint density at radius 3 is 2.07 bits per heavy atom. The average molecular weight is 217 g/mol. The molecule has 0 unspecified atom stereocenters. The van der Waals surface area contributed by atoms with Gasteiger partial charge >= 0.3 is 0 Å². The summed E-state index contributed by atoms with van der Waals surface area (Å²) in [5.41, 5.74) is 0. The average Bonchev–Trinajstić information content (AvgIpc) is 2.22. The van der Waals surface area contributed by atoms with Crippen molar-refractivity contribution in [3.63, 3.8) is 0 Å². The second kappa shape index (κ2) is 10.4. The van der Waals surface area contributed by atoms with Gasteiger partial charge in [-0.25, -0.2) is 0 Å². The number of hydrogen-bond donors (Lipinski definition) is 1. The Balaban J connectivity index is 3.76. The molecule has 15 heavy (non-hydrogen) atoms. The lowest BCUT2D eigenvalue weighted by Crippen LogP contribution is -2.36. The summed E-state index contributed by atoms with van der Waals surface area (Å²) >= 11 is 0. The van der Waals surface area contributed by atoms with E-state index in [9.17, 15) is 5.11 Å². The quantitative estimate of drug-likeness (QED) is 0.606. The Morgan fingerprint density at radius 1 is 1.13 bits per heavy atom. The van der Waals surface area contributed by atoms with Crippen molar-refractivity contribution in [2.75, 3.05) is 33.4 Å². The summed E-state index contributed by atoms with van der Waals surface area (Å²) in [6.07, 6.45) is 4.50. The number of ether oxygens (including phenoxy) is 1. The molecule has 92 valence electrons. The highest BCUT2D eigenvalue weighted by Gasteiger charge is 2.10. The van der Waals surface area contributed by atoms with Crippen molar-refractivity contribution in [3.05, 3.63) is 0 Å². The first kappa shape index (κ1) is 14.9. The molecule has 0 aromatic carbocycles. The number of rotatable bonds is 10. The third-order valence-electron chi connectivity index (χ3n) is 2.48. The number of aliphatic hydroxyl groups excluding tert-OH is 1. The number of aliphatic hydroxyl groups is 1. The summed E-state index contributed by atoms with van der Waals surface area (Å²) in [6, 6.07) is 0. The summed E-state index contributed by atoms with van der Waals surface area (Å²) in [4.78, 5) is 2.34. The van der Waals surface area contributed by atoms with Gasteiger partial charge in [0.25, 0.3) is 0 Å². The fourth-order valence-corrected chi connectivity index (χ4v) is 1.60. The third-order valence-corrected chi connectivity index (χ3v) is 2.48. The van der Waals surface area contributed by atoms with Crippen LogP contribution in [-0.2, 0) is 4.74 Å². The molecule has 0 aromatic rings. The molecule has 1 N–H and O–H groups in total. The van der Waals surface area contributed by atoms with E-state index in [-0.39, 0.29) is 6.10 Å². The summed E-state index contributed by atoms with van der Waals surface area (Å²) in [7, 11) is 1.63. The molecule has 0 fully saturated rings. The van der Waals surface area contributed by atoms with Crippen molar-refractivity contribution < 1.29 is 9.84 Å². The summed E-state index contributed by atoms with van der Waals surface area (Å²) in [5.74, 6) is 0. The van der Waals surface area contributed by atoms with Crippen molar-refractivity contribution >= 4 is 0 Å². The van der Waals surface area contributed by atoms with Crippen molar-refractivity contribution in [2.45, 2.75) is 45.6 Å². The fourth-order valence-electron chi connectivity index (χ4n) is 1.60. The first-order valence-corrected chi connectivity index (χ1v) is 6.13. The molecule has 3 heteroatoms. The molecule has 0 aliphatic carbocycles. The predicted octanol–water partition coefficient (Wildman–Crippen LogP) is 1.90. The van der Waals surface area contributed by atoms with Gasteiger partial charge in [-0.05, 0) is 25.9 Å². The highest BCUT2D eigenvalue weighted by atomic mass is 16.5. The van der Waals surface area contributed by atoms with Crippen molar-refractivity contribution in [1.82, 2.24) is 4.90 Å². The monoisotopic (exact) mass is 217 g/mol. The van der Waals surface area contributed by atoms with E-state index in [1.807, 2.05) is 0 Å². The molecule has 0 rings (SSSR count). The van der Waals surface area contributed by atoms with Crippen LogP contribution in [0.5, 0.6) is 0 Å². The summed E-state index contributed by atoms with van der Waals surface area (Å²) in [6.45, 7) is 7.77. The first-order chi connectivity index (χ1) is 7.24. The van der Waals surface area contributed by atoms with Crippen molar-refractivity contribution in [3.8, 4) is 0 Å².